The summed E-state index contributed by atoms with van der Waals surface area (Å²) >= 11 is 3.38. The molecule has 1 aromatic rings. The monoisotopic (exact) mass is 339 g/mol. The second-order valence-corrected chi connectivity index (χ2v) is 6.34. The Morgan fingerprint density at radius 2 is 1.95 bits per heavy atom. The molecule has 0 N–H and O–H groups in total. The highest BCUT2D eigenvalue weighted by molar-refractivity contribution is 9.10. The van der Waals surface area contributed by atoms with E-state index in [1.165, 1.54) is 12.8 Å². The summed E-state index contributed by atoms with van der Waals surface area (Å²) in [7, 11) is 1.77. The zero-order valence-electron chi connectivity index (χ0n) is 12.0. The van der Waals surface area contributed by atoms with Crippen LogP contribution in [0.25, 0.3) is 0 Å². The number of halogens is 1. The number of ether oxygens (including phenoxy) is 1. The molecule has 3 nitrogen and oxygen atoms in total. The average Bonchev–Trinajstić information content (AvgIpc) is 2.47. The van der Waals surface area contributed by atoms with Crippen LogP contribution in [0.5, 0.6) is 0 Å². The van der Waals surface area contributed by atoms with Gasteiger partial charge in [0.1, 0.15) is 0 Å². The van der Waals surface area contributed by atoms with Gasteiger partial charge in [-0.1, -0.05) is 28.1 Å². The zero-order valence-corrected chi connectivity index (χ0v) is 13.6. The first-order valence-electron chi connectivity index (χ1n) is 7.19. The quantitative estimate of drug-likeness (QED) is 0.744. The lowest BCUT2D eigenvalue weighted by atomic mass is 9.97. The molecule has 1 saturated heterocycles. The van der Waals surface area contributed by atoms with E-state index in [0.717, 1.165) is 36.3 Å². The Morgan fingerprint density at radius 3 is 2.55 bits per heavy atom. The van der Waals surface area contributed by atoms with Crippen molar-refractivity contribution in [3.63, 3.8) is 0 Å². The summed E-state index contributed by atoms with van der Waals surface area (Å²) in [4.78, 5) is 14.5. The van der Waals surface area contributed by atoms with E-state index in [-0.39, 0.29) is 5.78 Å². The molecule has 1 aromatic carbocycles. The van der Waals surface area contributed by atoms with Gasteiger partial charge in [-0.15, -0.1) is 0 Å². The van der Waals surface area contributed by atoms with Crippen LogP contribution in [0.3, 0.4) is 0 Å². The third-order valence-corrected chi connectivity index (χ3v) is 4.46. The van der Waals surface area contributed by atoms with E-state index in [1.807, 2.05) is 24.3 Å². The maximum absolute atomic E-state index is 12.1. The molecule has 20 heavy (non-hydrogen) atoms. The lowest BCUT2D eigenvalue weighted by Gasteiger charge is -2.31. The van der Waals surface area contributed by atoms with Crippen LogP contribution in [-0.2, 0) is 4.74 Å². The molecule has 0 saturated carbocycles. The van der Waals surface area contributed by atoms with Crippen LogP contribution in [0.4, 0.5) is 0 Å². The number of hydrogen-bond acceptors (Lipinski definition) is 3. The number of benzene rings is 1. The molecule has 0 amide bonds. The second-order valence-electron chi connectivity index (χ2n) is 5.42. The Bertz CT molecular complexity index is 425. The van der Waals surface area contributed by atoms with E-state index < -0.39 is 0 Å². The van der Waals surface area contributed by atoms with Gasteiger partial charge in [0.15, 0.2) is 5.78 Å². The summed E-state index contributed by atoms with van der Waals surface area (Å²) in [6, 6.07) is 7.61. The third-order valence-electron chi connectivity index (χ3n) is 3.93. The lowest BCUT2D eigenvalue weighted by Crippen LogP contribution is -2.36. The van der Waals surface area contributed by atoms with Gasteiger partial charge in [-0.25, -0.2) is 0 Å². The van der Waals surface area contributed by atoms with Crippen LogP contribution in [-0.4, -0.2) is 44.0 Å². The number of likely N-dealkylation sites (tertiary alicyclic amines) is 1. The molecule has 0 unspecified atom stereocenters. The van der Waals surface area contributed by atoms with E-state index in [0.29, 0.717) is 12.3 Å². The van der Waals surface area contributed by atoms with Crippen LogP contribution in [0.15, 0.2) is 28.7 Å². The Balaban J connectivity index is 1.73. The highest BCUT2D eigenvalue weighted by Gasteiger charge is 2.19. The first-order chi connectivity index (χ1) is 9.69. The number of rotatable bonds is 6. The second kappa shape index (κ2) is 7.91. The summed E-state index contributed by atoms with van der Waals surface area (Å²) in [6.45, 7) is 3.91. The first-order valence-corrected chi connectivity index (χ1v) is 7.98. The Hall–Kier alpha value is -0.710. The summed E-state index contributed by atoms with van der Waals surface area (Å²) in [5, 5.41) is 0. The van der Waals surface area contributed by atoms with Crippen molar-refractivity contribution in [2.24, 2.45) is 5.92 Å². The van der Waals surface area contributed by atoms with E-state index in [4.69, 9.17) is 4.74 Å². The number of Topliss-reactive ketones (excluding diaryl/α,β-unsaturated/α-hetero) is 1. The molecule has 0 atom stereocenters. The van der Waals surface area contributed by atoms with Crippen molar-refractivity contribution >= 4 is 21.7 Å². The number of carbonyl (C=O) groups is 1. The number of nitrogens with zero attached hydrogens (tertiary/aromatic N) is 1. The minimum Gasteiger partial charge on any atom is -0.384 e. The van der Waals surface area contributed by atoms with Crippen LogP contribution in [0.2, 0.25) is 0 Å². The summed E-state index contributed by atoms with van der Waals surface area (Å²) < 4.78 is 6.21. The number of carbonyl (C=O) groups excluding carboxylic acids is 1. The average molecular weight is 340 g/mol. The number of methoxy groups -OCH3 is 1. The van der Waals surface area contributed by atoms with Crippen LogP contribution in [0, 0.1) is 5.92 Å². The van der Waals surface area contributed by atoms with Gasteiger partial charge in [0.05, 0.1) is 0 Å². The van der Waals surface area contributed by atoms with Crippen LogP contribution >= 0.6 is 15.9 Å². The molecule has 1 heterocycles. The summed E-state index contributed by atoms with van der Waals surface area (Å²) in [5.41, 5.74) is 0.808. The van der Waals surface area contributed by atoms with Crippen molar-refractivity contribution in [1.29, 1.82) is 0 Å². The summed E-state index contributed by atoms with van der Waals surface area (Å²) in [6.07, 6.45) is 2.97. The largest absolute Gasteiger partial charge is 0.384 e. The minimum atomic E-state index is 0.233. The number of ketones is 1. The van der Waals surface area contributed by atoms with E-state index >= 15 is 0 Å². The van der Waals surface area contributed by atoms with Gasteiger partial charge in [-0.3, -0.25) is 4.79 Å². The molecule has 110 valence electrons. The molecule has 0 radical (unpaired) electrons. The van der Waals surface area contributed by atoms with E-state index in [1.54, 1.807) is 7.11 Å². The number of piperidine rings is 1. The fraction of sp³-hybridized carbons (Fsp3) is 0.562. The third kappa shape index (κ3) is 4.69. The molecule has 4 heteroatoms. The van der Waals surface area contributed by atoms with Crippen LogP contribution < -0.4 is 0 Å². The maximum atomic E-state index is 12.1. The van der Waals surface area contributed by atoms with Gasteiger partial charge >= 0.3 is 0 Å². The van der Waals surface area contributed by atoms with Gasteiger partial charge in [0, 0.05) is 36.7 Å². The van der Waals surface area contributed by atoms with E-state index in [2.05, 4.69) is 20.8 Å². The van der Waals surface area contributed by atoms with Crippen molar-refractivity contribution < 1.29 is 9.53 Å². The molecule has 1 aliphatic rings. The maximum Gasteiger partial charge on any atom is 0.164 e. The lowest BCUT2D eigenvalue weighted by molar-refractivity contribution is 0.0883. The minimum absolute atomic E-state index is 0.233. The highest BCUT2D eigenvalue weighted by atomic mass is 79.9. The van der Waals surface area contributed by atoms with Crippen molar-refractivity contribution in [2.75, 3.05) is 33.4 Å². The van der Waals surface area contributed by atoms with Gasteiger partial charge in [0.2, 0.25) is 0 Å². The molecule has 0 aliphatic carbocycles. The standard InChI is InChI=1S/C16H22BrNO2/c1-20-12-13-6-9-18(10-7-13)11-8-16(19)14-2-4-15(17)5-3-14/h2-5,13H,6-12H2,1H3. The fourth-order valence-corrected chi connectivity index (χ4v) is 2.92. The van der Waals surface area contributed by atoms with Gasteiger partial charge in [-0.05, 0) is 44.0 Å². The normalized spacial score (nSPS) is 17.3. The molecular weight excluding hydrogens is 318 g/mol. The van der Waals surface area contributed by atoms with Crippen molar-refractivity contribution in [3.8, 4) is 0 Å². The molecule has 2 rings (SSSR count). The summed E-state index contributed by atoms with van der Waals surface area (Å²) in [5.74, 6) is 0.926. The van der Waals surface area contributed by atoms with Gasteiger partial charge in [0.25, 0.3) is 0 Å². The van der Waals surface area contributed by atoms with Crippen molar-refractivity contribution in [3.05, 3.63) is 34.3 Å². The Kier molecular flexibility index (Phi) is 6.20. The predicted molar refractivity (Wildman–Crippen MR) is 84.1 cm³/mol. The van der Waals surface area contributed by atoms with E-state index in [9.17, 15) is 4.79 Å². The van der Waals surface area contributed by atoms with Gasteiger partial charge < -0.3 is 9.64 Å². The zero-order chi connectivity index (χ0) is 14.4. The first kappa shape index (κ1) is 15.7. The Morgan fingerprint density at radius 1 is 1.30 bits per heavy atom. The smallest absolute Gasteiger partial charge is 0.164 e. The highest BCUT2D eigenvalue weighted by Crippen LogP contribution is 2.18. The van der Waals surface area contributed by atoms with Gasteiger partial charge in [-0.2, -0.15) is 0 Å². The SMILES string of the molecule is COCC1CCN(CCC(=O)c2ccc(Br)cc2)CC1. The van der Waals surface area contributed by atoms with Crippen LogP contribution in [0.1, 0.15) is 29.6 Å². The molecule has 0 aromatic heterocycles. The fourth-order valence-electron chi connectivity index (χ4n) is 2.65. The molecule has 0 spiro atoms. The van der Waals surface area contributed by atoms with Crippen molar-refractivity contribution in [1.82, 2.24) is 4.90 Å². The van der Waals surface area contributed by atoms with Crippen molar-refractivity contribution in [2.45, 2.75) is 19.3 Å². The molecule has 1 aliphatic heterocycles. The topological polar surface area (TPSA) is 29.5 Å². The molecule has 1 fully saturated rings. The predicted octanol–water partition coefficient (Wildman–Crippen LogP) is 3.38. The molecular formula is C16H22BrNO2. The Labute approximate surface area is 129 Å². The number of hydrogen-bond donors (Lipinski definition) is 0. The molecule has 0 bridgehead atoms.